The van der Waals surface area contributed by atoms with Crippen molar-refractivity contribution >= 4 is 40.1 Å². The molecule has 4 aliphatic rings. The summed E-state index contributed by atoms with van der Waals surface area (Å²) in [7, 11) is 0. The van der Waals surface area contributed by atoms with Gasteiger partial charge in [0.25, 0.3) is 0 Å². The Balaban J connectivity index is 1.84. The van der Waals surface area contributed by atoms with Gasteiger partial charge in [-0.25, -0.2) is 0 Å². The largest absolute Gasteiger partial charge is 0.361 e. The Hall–Kier alpha value is -0.490. The summed E-state index contributed by atoms with van der Waals surface area (Å²) in [4.78, 5) is 14.2. The maximum absolute atomic E-state index is 12.7. The first-order valence-electron chi connectivity index (χ1n) is 8.01. The zero-order chi connectivity index (χ0) is 15.3. The van der Waals surface area contributed by atoms with Crippen molar-refractivity contribution in [2.24, 2.45) is 11.3 Å². The van der Waals surface area contributed by atoms with Crippen molar-refractivity contribution in [1.82, 2.24) is 5.32 Å². The SMILES string of the molecule is CC1(C2C3=C(CCS3)NC3=C2C(=O)CCC3)C=CC=C(I)C1. The summed E-state index contributed by atoms with van der Waals surface area (Å²) in [6.45, 7) is 2.33. The second-order valence-corrected chi connectivity index (χ2v) is 9.35. The maximum atomic E-state index is 12.7. The number of hydrogen-bond acceptors (Lipinski definition) is 3. The Bertz CT molecular complexity index is 673. The van der Waals surface area contributed by atoms with E-state index in [9.17, 15) is 4.79 Å². The highest BCUT2D eigenvalue weighted by atomic mass is 127. The summed E-state index contributed by atoms with van der Waals surface area (Å²) in [6, 6.07) is 0. The third kappa shape index (κ3) is 2.33. The quantitative estimate of drug-likeness (QED) is 0.610. The molecular formula is C18H20INOS. The van der Waals surface area contributed by atoms with Gasteiger partial charge >= 0.3 is 0 Å². The Morgan fingerprint density at radius 1 is 1.32 bits per heavy atom. The standard InChI is InChI=1S/C18H20INOS/c1-18(8-3-4-11(19)10-18)16-15-12(5-2-6-14(15)21)20-13-7-9-22-17(13)16/h3-4,8,16,20H,2,5-7,9-10H2,1H3. The molecule has 0 aromatic carbocycles. The summed E-state index contributed by atoms with van der Waals surface area (Å²) in [5.41, 5.74) is 3.74. The number of hydrogen-bond donors (Lipinski definition) is 1. The molecule has 2 nitrogen and oxygen atoms in total. The molecule has 1 N–H and O–H groups in total. The van der Waals surface area contributed by atoms with Crippen molar-refractivity contribution in [1.29, 1.82) is 0 Å². The molecule has 0 aromatic heterocycles. The fourth-order valence-electron chi connectivity index (χ4n) is 4.18. The maximum Gasteiger partial charge on any atom is 0.161 e. The van der Waals surface area contributed by atoms with E-state index in [0.717, 1.165) is 43.4 Å². The number of dihydropyridines is 1. The molecule has 0 bridgehead atoms. The van der Waals surface area contributed by atoms with Crippen molar-refractivity contribution in [3.05, 3.63) is 43.7 Å². The van der Waals surface area contributed by atoms with Gasteiger partial charge in [0.1, 0.15) is 0 Å². The Labute approximate surface area is 149 Å². The summed E-state index contributed by atoms with van der Waals surface area (Å²) >= 11 is 4.40. The molecule has 22 heavy (non-hydrogen) atoms. The van der Waals surface area contributed by atoms with E-state index in [1.54, 1.807) is 0 Å². The molecule has 2 heterocycles. The van der Waals surface area contributed by atoms with Crippen molar-refractivity contribution in [3.8, 4) is 0 Å². The van der Waals surface area contributed by atoms with E-state index in [1.807, 2.05) is 11.8 Å². The molecule has 0 saturated heterocycles. The van der Waals surface area contributed by atoms with Crippen LogP contribution in [-0.4, -0.2) is 11.5 Å². The van der Waals surface area contributed by atoms with Crippen molar-refractivity contribution in [3.63, 3.8) is 0 Å². The molecule has 4 rings (SSSR count). The van der Waals surface area contributed by atoms with Crippen LogP contribution >= 0.6 is 34.4 Å². The highest BCUT2D eigenvalue weighted by Crippen LogP contribution is 2.55. The van der Waals surface area contributed by atoms with Gasteiger partial charge in [0.2, 0.25) is 0 Å². The third-order valence-electron chi connectivity index (χ3n) is 5.18. The molecule has 0 spiro atoms. The highest BCUT2D eigenvalue weighted by molar-refractivity contribution is 14.1. The van der Waals surface area contributed by atoms with Crippen LogP contribution in [0.5, 0.6) is 0 Å². The van der Waals surface area contributed by atoms with Crippen LogP contribution in [0.3, 0.4) is 0 Å². The molecule has 2 aliphatic carbocycles. The second kappa shape index (κ2) is 5.55. The van der Waals surface area contributed by atoms with Crippen LogP contribution in [0.4, 0.5) is 0 Å². The van der Waals surface area contributed by atoms with E-state index in [2.05, 4.69) is 53.1 Å². The van der Waals surface area contributed by atoms with Crippen molar-refractivity contribution in [2.45, 2.75) is 39.0 Å². The van der Waals surface area contributed by atoms with Gasteiger partial charge < -0.3 is 5.32 Å². The number of halogens is 1. The number of carbonyl (C=O) groups is 1. The predicted molar refractivity (Wildman–Crippen MR) is 101 cm³/mol. The normalized spacial score (nSPS) is 34.4. The average molecular weight is 425 g/mol. The van der Waals surface area contributed by atoms with Crippen LogP contribution in [0, 0.1) is 11.3 Å². The Kier molecular flexibility index (Phi) is 3.80. The van der Waals surface area contributed by atoms with Gasteiger partial charge in [0.05, 0.1) is 0 Å². The zero-order valence-electron chi connectivity index (χ0n) is 12.7. The summed E-state index contributed by atoms with van der Waals surface area (Å²) in [5.74, 6) is 1.78. The van der Waals surface area contributed by atoms with Crippen LogP contribution in [0.1, 0.15) is 39.0 Å². The summed E-state index contributed by atoms with van der Waals surface area (Å²) < 4.78 is 1.39. The molecule has 4 heteroatoms. The molecular weight excluding hydrogens is 405 g/mol. The third-order valence-corrected chi connectivity index (χ3v) is 7.12. The number of nitrogens with one attached hydrogen (secondary N) is 1. The summed E-state index contributed by atoms with van der Waals surface area (Å²) in [5, 5.41) is 3.62. The monoisotopic (exact) mass is 425 g/mol. The lowest BCUT2D eigenvalue weighted by Gasteiger charge is -2.43. The second-order valence-electron chi connectivity index (χ2n) is 6.82. The molecule has 2 aliphatic heterocycles. The number of rotatable bonds is 1. The van der Waals surface area contributed by atoms with Crippen molar-refractivity contribution in [2.75, 3.05) is 5.75 Å². The number of carbonyl (C=O) groups excluding carboxylic acids is 1. The number of ketones is 1. The van der Waals surface area contributed by atoms with E-state index in [0.29, 0.717) is 5.78 Å². The van der Waals surface area contributed by atoms with Crippen LogP contribution < -0.4 is 5.32 Å². The van der Waals surface area contributed by atoms with Gasteiger partial charge in [-0.3, -0.25) is 4.79 Å². The van der Waals surface area contributed by atoms with Gasteiger partial charge in [-0.15, -0.1) is 11.8 Å². The molecule has 0 aromatic rings. The van der Waals surface area contributed by atoms with Gasteiger partial charge in [-0.2, -0.15) is 0 Å². The molecule has 0 radical (unpaired) electrons. The van der Waals surface area contributed by atoms with Crippen LogP contribution in [0.25, 0.3) is 0 Å². The Morgan fingerprint density at radius 3 is 3.00 bits per heavy atom. The fourth-order valence-corrected chi connectivity index (χ4v) is 6.61. The van der Waals surface area contributed by atoms with Gasteiger partial charge in [0.15, 0.2) is 5.78 Å². The smallest absolute Gasteiger partial charge is 0.161 e. The molecule has 0 saturated carbocycles. The van der Waals surface area contributed by atoms with Gasteiger partial charge in [-0.1, -0.05) is 25.2 Å². The first kappa shape index (κ1) is 15.1. The van der Waals surface area contributed by atoms with E-state index in [-0.39, 0.29) is 11.3 Å². The number of thioether (sulfide) groups is 1. The number of allylic oxidation sites excluding steroid dienone is 8. The molecule has 116 valence electrons. The van der Waals surface area contributed by atoms with Crippen LogP contribution in [-0.2, 0) is 4.79 Å². The van der Waals surface area contributed by atoms with E-state index in [4.69, 9.17) is 0 Å². The van der Waals surface area contributed by atoms with Crippen LogP contribution in [0.15, 0.2) is 43.7 Å². The lowest BCUT2D eigenvalue weighted by atomic mass is 9.65. The molecule has 2 atom stereocenters. The minimum atomic E-state index is 0.0267. The predicted octanol–water partition coefficient (Wildman–Crippen LogP) is 4.85. The van der Waals surface area contributed by atoms with Gasteiger partial charge in [0, 0.05) is 45.4 Å². The first-order chi connectivity index (χ1) is 10.6. The fraction of sp³-hybridized carbons (Fsp3) is 0.500. The first-order valence-corrected chi connectivity index (χ1v) is 10.1. The minimum absolute atomic E-state index is 0.0267. The van der Waals surface area contributed by atoms with Crippen molar-refractivity contribution < 1.29 is 4.79 Å². The number of Topliss-reactive ketones (excluding diaryl/α,β-unsaturated/α-hetero) is 1. The lowest BCUT2D eigenvalue weighted by molar-refractivity contribution is -0.116. The van der Waals surface area contributed by atoms with Crippen LogP contribution in [0.2, 0.25) is 0 Å². The van der Waals surface area contributed by atoms with E-state index < -0.39 is 0 Å². The van der Waals surface area contributed by atoms with E-state index >= 15 is 0 Å². The van der Waals surface area contributed by atoms with E-state index in [1.165, 1.54) is 19.9 Å². The lowest BCUT2D eigenvalue weighted by Crippen LogP contribution is -2.39. The molecule has 2 unspecified atom stereocenters. The topological polar surface area (TPSA) is 29.1 Å². The molecule has 0 fully saturated rings. The summed E-state index contributed by atoms with van der Waals surface area (Å²) in [6.07, 6.45) is 11.6. The molecule has 0 amide bonds. The van der Waals surface area contributed by atoms with Gasteiger partial charge in [-0.05, 0) is 51.9 Å². The highest BCUT2D eigenvalue weighted by Gasteiger charge is 2.46. The average Bonchev–Trinajstić information content (AvgIpc) is 2.92. The Morgan fingerprint density at radius 2 is 2.18 bits per heavy atom. The zero-order valence-corrected chi connectivity index (χ0v) is 15.7. The minimum Gasteiger partial charge on any atom is -0.361 e.